The molecule has 0 radical (unpaired) electrons. The van der Waals surface area contributed by atoms with Gasteiger partial charge in [-0.15, -0.1) is 11.8 Å². The number of unbranched alkanes of at least 4 members (excludes halogenated alkanes) is 6. The summed E-state index contributed by atoms with van der Waals surface area (Å²) in [5.41, 5.74) is -0.584. The third kappa shape index (κ3) is 16.5. The number of thioether (sulfide) groups is 1. The van der Waals surface area contributed by atoms with Gasteiger partial charge in [-0.1, -0.05) is 38.5 Å². The first-order valence-electron chi connectivity index (χ1n) is 17.0. The Morgan fingerprint density at radius 1 is 0.733 bits per heavy atom. The van der Waals surface area contributed by atoms with Crippen molar-refractivity contribution in [3.05, 3.63) is 0 Å². The van der Waals surface area contributed by atoms with Gasteiger partial charge in [-0.25, -0.2) is 0 Å². The van der Waals surface area contributed by atoms with Crippen molar-refractivity contribution in [2.75, 3.05) is 32.0 Å². The molecule has 1 saturated heterocycles. The molecule has 1 heterocycles. The first kappa shape index (κ1) is 39.2. The van der Waals surface area contributed by atoms with Gasteiger partial charge in [0.15, 0.2) is 0 Å². The third-order valence-corrected chi connectivity index (χ3v) is 9.69. The van der Waals surface area contributed by atoms with E-state index in [1.54, 1.807) is 0 Å². The molecule has 13 heteroatoms. The molecule has 1 aliphatic carbocycles. The quantitative estimate of drug-likeness (QED) is 0.0853. The standard InChI is InChI=1S/C32H58N4O8S/c1-23(38)36-28-30(42)29(41)25(22-37)44-32(28)45-21-13-5-12-19-34-27(40)16-8-3-10-18-33-26(39)17-9-4-11-20-35-31(43)24-14-6-2-7-15-24/h24-25,28-30,32,37,41-42H,2-22H2,1H3,(H,33,39)(H,34,40)(H,35,43)(H,36,38)/t25?,28?,29-,30-,32-/m0/s1. The molecule has 7 N–H and O–H groups in total. The maximum atomic E-state index is 12.1. The molecule has 2 fully saturated rings. The normalized spacial score (nSPS) is 23.7. The van der Waals surface area contributed by atoms with Crippen LogP contribution in [-0.2, 0) is 23.9 Å². The van der Waals surface area contributed by atoms with Crippen LogP contribution in [0.1, 0.15) is 110 Å². The Labute approximate surface area is 273 Å². The van der Waals surface area contributed by atoms with Crippen molar-refractivity contribution in [1.29, 1.82) is 0 Å². The molecular weight excluding hydrogens is 600 g/mol. The van der Waals surface area contributed by atoms with Gasteiger partial charge in [-0.2, -0.15) is 0 Å². The largest absolute Gasteiger partial charge is 0.394 e. The lowest BCUT2D eigenvalue weighted by Gasteiger charge is -2.42. The number of hydrogen-bond acceptors (Lipinski definition) is 9. The summed E-state index contributed by atoms with van der Waals surface area (Å²) in [6.45, 7) is 2.81. The van der Waals surface area contributed by atoms with Gasteiger partial charge in [0.05, 0.1) is 12.6 Å². The highest BCUT2D eigenvalue weighted by molar-refractivity contribution is 7.99. The van der Waals surface area contributed by atoms with Crippen LogP contribution < -0.4 is 21.3 Å². The second-order valence-electron chi connectivity index (χ2n) is 12.3. The first-order chi connectivity index (χ1) is 21.7. The van der Waals surface area contributed by atoms with Crippen molar-refractivity contribution in [2.24, 2.45) is 5.92 Å². The summed E-state index contributed by atoms with van der Waals surface area (Å²) in [7, 11) is 0. The van der Waals surface area contributed by atoms with E-state index in [1.807, 2.05) is 0 Å². The molecule has 5 atom stereocenters. The second kappa shape index (κ2) is 23.4. The van der Waals surface area contributed by atoms with Crippen molar-refractivity contribution < 1.29 is 39.2 Å². The van der Waals surface area contributed by atoms with Crippen LogP contribution in [0.25, 0.3) is 0 Å². The average molecular weight is 659 g/mol. The van der Waals surface area contributed by atoms with Crippen LogP contribution in [0.5, 0.6) is 0 Å². The Morgan fingerprint density at radius 3 is 1.84 bits per heavy atom. The minimum Gasteiger partial charge on any atom is -0.394 e. The number of ether oxygens (including phenoxy) is 1. The van der Waals surface area contributed by atoms with Gasteiger partial charge in [0.1, 0.15) is 23.7 Å². The summed E-state index contributed by atoms with van der Waals surface area (Å²) in [6.07, 6.45) is 10.8. The van der Waals surface area contributed by atoms with Gasteiger partial charge in [0.2, 0.25) is 23.6 Å². The lowest BCUT2D eigenvalue weighted by molar-refractivity contribution is -0.173. The van der Waals surface area contributed by atoms with E-state index in [-0.39, 0.29) is 29.5 Å². The fourth-order valence-electron chi connectivity index (χ4n) is 5.74. The number of rotatable bonds is 22. The van der Waals surface area contributed by atoms with E-state index in [1.165, 1.54) is 25.1 Å². The zero-order chi connectivity index (χ0) is 32.9. The van der Waals surface area contributed by atoms with Crippen LogP contribution in [0.15, 0.2) is 0 Å². The SMILES string of the molecule is CC(=O)NC1[C@H](SCCCCCNC(=O)CCCCCNC(=O)CCCCCNC(=O)C2CCCCC2)OC(CO)[C@H](O)[C@H]1O. The minimum atomic E-state index is -1.28. The predicted molar refractivity (Wildman–Crippen MR) is 174 cm³/mol. The van der Waals surface area contributed by atoms with E-state index in [4.69, 9.17) is 4.74 Å². The summed E-state index contributed by atoms with van der Waals surface area (Å²) in [5, 5.41) is 41.5. The molecule has 1 aliphatic heterocycles. The number of aliphatic hydroxyl groups excluding tert-OH is 3. The Morgan fingerprint density at radius 2 is 1.29 bits per heavy atom. The fraction of sp³-hybridized carbons (Fsp3) is 0.875. The number of aliphatic hydroxyl groups is 3. The number of nitrogens with one attached hydrogen (secondary N) is 4. The molecule has 2 unspecified atom stereocenters. The van der Waals surface area contributed by atoms with Crippen LogP contribution in [0.3, 0.4) is 0 Å². The van der Waals surface area contributed by atoms with Crippen LogP contribution in [0.4, 0.5) is 0 Å². The number of carbonyl (C=O) groups is 4. The highest BCUT2D eigenvalue weighted by Gasteiger charge is 2.44. The molecule has 0 aromatic rings. The lowest BCUT2D eigenvalue weighted by atomic mass is 9.89. The number of amides is 4. The highest BCUT2D eigenvalue weighted by Crippen LogP contribution is 2.29. The molecule has 0 aromatic heterocycles. The van der Waals surface area contributed by atoms with Gasteiger partial charge in [-0.05, 0) is 57.1 Å². The maximum Gasteiger partial charge on any atom is 0.223 e. The van der Waals surface area contributed by atoms with Crippen molar-refractivity contribution in [2.45, 2.75) is 139 Å². The molecule has 1 saturated carbocycles. The van der Waals surface area contributed by atoms with Crippen molar-refractivity contribution >= 4 is 35.4 Å². The molecular formula is C32H58N4O8S. The van der Waals surface area contributed by atoms with Gasteiger partial charge >= 0.3 is 0 Å². The Hall–Kier alpha value is -1.93. The van der Waals surface area contributed by atoms with E-state index in [0.29, 0.717) is 38.2 Å². The van der Waals surface area contributed by atoms with Gasteiger partial charge in [0, 0.05) is 45.3 Å². The lowest BCUT2D eigenvalue weighted by Crippen LogP contribution is -2.63. The third-order valence-electron chi connectivity index (χ3n) is 8.43. The van der Waals surface area contributed by atoms with Crippen LogP contribution in [-0.4, -0.2) is 101 Å². The average Bonchev–Trinajstić information content (AvgIpc) is 3.03. The molecule has 12 nitrogen and oxygen atoms in total. The Balaban J connectivity index is 1.39. The van der Waals surface area contributed by atoms with Gasteiger partial charge in [0.25, 0.3) is 0 Å². The molecule has 2 aliphatic rings. The highest BCUT2D eigenvalue weighted by atomic mass is 32.2. The second-order valence-corrected chi connectivity index (χ2v) is 13.5. The van der Waals surface area contributed by atoms with Crippen molar-refractivity contribution in [3.8, 4) is 0 Å². The number of carbonyl (C=O) groups excluding carboxylic acids is 4. The first-order valence-corrected chi connectivity index (χ1v) is 18.1. The molecule has 0 spiro atoms. The molecule has 0 aromatic carbocycles. The van der Waals surface area contributed by atoms with Crippen molar-refractivity contribution in [1.82, 2.24) is 21.3 Å². The smallest absolute Gasteiger partial charge is 0.223 e. The molecule has 45 heavy (non-hydrogen) atoms. The Kier molecular flexibility index (Phi) is 20.4. The molecule has 0 bridgehead atoms. The maximum absolute atomic E-state index is 12.1. The summed E-state index contributed by atoms with van der Waals surface area (Å²) in [5.74, 6) is 0.840. The van der Waals surface area contributed by atoms with Gasteiger partial charge < -0.3 is 41.3 Å². The van der Waals surface area contributed by atoms with Crippen LogP contribution >= 0.6 is 11.8 Å². The molecule has 2 rings (SSSR count). The van der Waals surface area contributed by atoms with Crippen LogP contribution in [0.2, 0.25) is 0 Å². The summed E-state index contributed by atoms with van der Waals surface area (Å²) in [6, 6.07) is -0.770. The monoisotopic (exact) mass is 658 g/mol. The van der Waals surface area contributed by atoms with Crippen LogP contribution in [0, 0.1) is 5.92 Å². The van der Waals surface area contributed by atoms with E-state index in [2.05, 4.69) is 21.3 Å². The van der Waals surface area contributed by atoms with E-state index < -0.39 is 36.4 Å². The molecule has 260 valence electrons. The predicted octanol–water partition coefficient (Wildman–Crippen LogP) is 1.88. The van der Waals surface area contributed by atoms with Gasteiger partial charge in [-0.3, -0.25) is 19.2 Å². The summed E-state index contributed by atoms with van der Waals surface area (Å²) < 4.78 is 5.71. The zero-order valence-corrected chi connectivity index (χ0v) is 27.9. The zero-order valence-electron chi connectivity index (χ0n) is 27.1. The number of hydrogen-bond donors (Lipinski definition) is 7. The summed E-state index contributed by atoms with van der Waals surface area (Å²) >= 11 is 1.42. The summed E-state index contributed by atoms with van der Waals surface area (Å²) in [4.78, 5) is 47.8. The Bertz CT molecular complexity index is 876. The molecule has 4 amide bonds. The van der Waals surface area contributed by atoms with E-state index >= 15 is 0 Å². The van der Waals surface area contributed by atoms with E-state index in [9.17, 15) is 34.5 Å². The van der Waals surface area contributed by atoms with Crippen molar-refractivity contribution in [3.63, 3.8) is 0 Å². The fourth-order valence-corrected chi connectivity index (χ4v) is 7.00. The minimum absolute atomic E-state index is 0.0275. The topological polar surface area (TPSA) is 186 Å². The van der Waals surface area contributed by atoms with E-state index in [0.717, 1.165) is 83.5 Å².